The Balaban J connectivity index is 4.74. The molecule has 0 fully saturated rings. The van der Waals surface area contributed by atoms with Crippen LogP contribution < -0.4 is 5.32 Å². The van der Waals surface area contributed by atoms with E-state index >= 15 is 0 Å². The summed E-state index contributed by atoms with van der Waals surface area (Å²) >= 11 is 0. The van der Waals surface area contributed by atoms with E-state index in [0.29, 0.717) is 19.3 Å². The van der Waals surface area contributed by atoms with Gasteiger partial charge in [0, 0.05) is 6.42 Å². The molecule has 0 bridgehead atoms. The summed E-state index contributed by atoms with van der Waals surface area (Å²) in [5.41, 5.74) is 0. The molecule has 3 unspecified atom stereocenters. The monoisotopic (exact) mass is 836 g/mol. The predicted octanol–water partition coefficient (Wildman–Crippen LogP) is 14.8. The maximum Gasteiger partial charge on any atom is 0.306 e. The predicted molar refractivity (Wildman–Crippen MR) is 259 cm³/mol. The van der Waals surface area contributed by atoms with Crippen molar-refractivity contribution in [2.45, 2.75) is 238 Å². The summed E-state index contributed by atoms with van der Waals surface area (Å²) in [5.74, 6) is -0.551. The number of allylic oxidation sites excluding steroid dienone is 14. The largest absolute Gasteiger partial charge is 0.462 e. The van der Waals surface area contributed by atoms with Gasteiger partial charge in [0.1, 0.15) is 6.10 Å². The van der Waals surface area contributed by atoms with Gasteiger partial charge in [-0.3, -0.25) is 9.59 Å². The van der Waals surface area contributed by atoms with E-state index in [4.69, 9.17) is 4.74 Å². The maximum absolute atomic E-state index is 13.2. The smallest absolute Gasteiger partial charge is 0.306 e. The van der Waals surface area contributed by atoms with Crippen LogP contribution in [0.15, 0.2) is 85.1 Å². The number of ether oxygens (including phenoxy) is 1. The lowest BCUT2D eigenvalue weighted by atomic mass is 10.0. The highest BCUT2D eigenvalue weighted by Gasteiger charge is 2.24. The molecule has 1 amide bonds. The number of aliphatic hydroxyl groups excluding tert-OH is 2. The van der Waals surface area contributed by atoms with Crippen molar-refractivity contribution in [2.75, 3.05) is 6.61 Å². The van der Waals surface area contributed by atoms with Gasteiger partial charge in [0.2, 0.25) is 5.91 Å². The first-order valence-electron chi connectivity index (χ1n) is 24.8. The summed E-state index contributed by atoms with van der Waals surface area (Å²) in [6.45, 7) is 6.30. The number of hydrogen-bond acceptors (Lipinski definition) is 5. The van der Waals surface area contributed by atoms with Crippen LogP contribution in [0.25, 0.3) is 0 Å². The molecule has 0 rings (SSSR count). The Morgan fingerprint density at radius 1 is 0.517 bits per heavy atom. The lowest BCUT2D eigenvalue weighted by Crippen LogP contribution is -2.46. The van der Waals surface area contributed by atoms with Crippen LogP contribution in [-0.4, -0.2) is 46.9 Å². The Labute approximate surface area is 370 Å². The number of esters is 1. The van der Waals surface area contributed by atoms with Gasteiger partial charge in [-0.1, -0.05) is 202 Å². The van der Waals surface area contributed by atoms with Gasteiger partial charge in [-0.15, -0.1) is 0 Å². The molecular formula is C54H93NO5. The average Bonchev–Trinajstić information content (AvgIpc) is 3.24. The third-order valence-corrected chi connectivity index (χ3v) is 10.8. The molecule has 3 N–H and O–H groups in total. The van der Waals surface area contributed by atoms with Gasteiger partial charge in [0.15, 0.2) is 0 Å². The number of unbranched alkanes of at least 4 members (excludes halogenated alkanes) is 19. The summed E-state index contributed by atoms with van der Waals surface area (Å²) in [7, 11) is 0. The SMILES string of the molecule is CC/C=C/C/C=C/C/C=C/C/C=C/CCCCCC(=O)OC(CCCCC/C=C/C=C/C=C/CCCCCCC)CC(=O)NC(CO)C(O)CCCCCCCCCCC. The quantitative estimate of drug-likeness (QED) is 0.0246. The molecule has 0 spiro atoms. The Kier molecular flexibility index (Phi) is 44.8. The fraction of sp³-hybridized carbons (Fsp3) is 0.704. The van der Waals surface area contributed by atoms with Crippen LogP contribution in [0, 0.1) is 0 Å². The van der Waals surface area contributed by atoms with Gasteiger partial charge >= 0.3 is 5.97 Å². The van der Waals surface area contributed by atoms with E-state index in [-0.39, 0.29) is 24.9 Å². The lowest BCUT2D eigenvalue weighted by Gasteiger charge is -2.24. The summed E-state index contributed by atoms with van der Waals surface area (Å²) in [6, 6.07) is -0.722. The molecule has 0 aromatic carbocycles. The summed E-state index contributed by atoms with van der Waals surface area (Å²) < 4.78 is 5.89. The number of nitrogens with one attached hydrogen (secondary N) is 1. The zero-order chi connectivity index (χ0) is 43.8. The molecule has 344 valence electrons. The van der Waals surface area contributed by atoms with Crippen molar-refractivity contribution in [1.82, 2.24) is 5.32 Å². The van der Waals surface area contributed by atoms with Crippen LogP contribution in [0.2, 0.25) is 0 Å². The third-order valence-electron chi connectivity index (χ3n) is 10.8. The topological polar surface area (TPSA) is 95.9 Å². The molecule has 0 aliphatic heterocycles. The third kappa shape index (κ3) is 41.8. The fourth-order valence-electron chi connectivity index (χ4n) is 7.01. The van der Waals surface area contributed by atoms with Crippen LogP contribution in [0.1, 0.15) is 220 Å². The zero-order valence-corrected chi connectivity index (χ0v) is 39.1. The van der Waals surface area contributed by atoms with Crippen LogP contribution >= 0.6 is 0 Å². The molecule has 0 saturated heterocycles. The number of aliphatic hydroxyl groups is 2. The second kappa shape index (κ2) is 47.1. The summed E-state index contributed by atoms with van der Waals surface area (Å²) in [5, 5.41) is 23.6. The van der Waals surface area contributed by atoms with E-state index in [1.165, 1.54) is 70.6 Å². The second-order valence-electron chi connectivity index (χ2n) is 16.5. The Morgan fingerprint density at radius 2 is 0.967 bits per heavy atom. The van der Waals surface area contributed by atoms with Gasteiger partial charge in [0.25, 0.3) is 0 Å². The highest BCUT2D eigenvalue weighted by molar-refractivity contribution is 5.77. The molecule has 0 heterocycles. The standard InChI is InChI=1S/C54H93NO5/c1-4-7-10-13-16-19-21-23-25-27-29-31-34-36-39-42-45-50(48-53(58)55-51(49-56)52(57)46-43-40-37-33-18-15-12-9-6-3)60-54(59)47-44-41-38-35-32-30-28-26-24-22-20-17-14-11-8-5-2/h8,11,17,20-21,23-27,29-32,50-52,56-57H,4-7,9-10,12-16,18-19,22,28,33-49H2,1-3H3,(H,55,58)/b11-8+,20-17+,23-21+,26-24+,27-25+,31-29+,32-30+. The average molecular weight is 836 g/mol. The van der Waals surface area contributed by atoms with Crippen LogP contribution in [0.5, 0.6) is 0 Å². The minimum absolute atomic E-state index is 0.0375. The maximum atomic E-state index is 13.2. The molecule has 6 nitrogen and oxygen atoms in total. The van der Waals surface area contributed by atoms with Crippen molar-refractivity contribution < 1.29 is 24.5 Å². The number of hydrogen-bond donors (Lipinski definition) is 3. The molecule has 0 aliphatic carbocycles. The first-order chi connectivity index (χ1) is 29.5. The minimum atomic E-state index is -0.805. The van der Waals surface area contributed by atoms with Crippen molar-refractivity contribution in [3.05, 3.63) is 85.1 Å². The van der Waals surface area contributed by atoms with Crippen molar-refractivity contribution in [3.63, 3.8) is 0 Å². The Hall–Kier alpha value is -2.96. The number of amides is 1. The van der Waals surface area contributed by atoms with E-state index in [0.717, 1.165) is 103 Å². The number of carbonyl (C=O) groups excluding carboxylic acids is 2. The van der Waals surface area contributed by atoms with E-state index in [1.54, 1.807) is 0 Å². The number of rotatable bonds is 43. The van der Waals surface area contributed by atoms with Crippen molar-refractivity contribution >= 4 is 11.9 Å². The highest BCUT2D eigenvalue weighted by atomic mass is 16.5. The van der Waals surface area contributed by atoms with Gasteiger partial charge in [-0.2, -0.15) is 0 Å². The second-order valence-corrected chi connectivity index (χ2v) is 16.5. The summed E-state index contributed by atoms with van der Waals surface area (Å²) in [4.78, 5) is 26.1. The fourth-order valence-corrected chi connectivity index (χ4v) is 7.01. The van der Waals surface area contributed by atoms with E-state index in [1.807, 2.05) is 0 Å². The molecule has 0 saturated carbocycles. The molecule has 6 heteroatoms. The molecule has 60 heavy (non-hydrogen) atoms. The van der Waals surface area contributed by atoms with Crippen LogP contribution in [0.3, 0.4) is 0 Å². The number of carbonyl (C=O) groups is 2. The lowest BCUT2D eigenvalue weighted by molar-refractivity contribution is -0.151. The van der Waals surface area contributed by atoms with E-state index in [9.17, 15) is 19.8 Å². The van der Waals surface area contributed by atoms with Crippen LogP contribution in [0.4, 0.5) is 0 Å². The molecule has 0 radical (unpaired) electrons. The molecule has 0 aliphatic rings. The van der Waals surface area contributed by atoms with Gasteiger partial charge < -0.3 is 20.3 Å². The molecule has 3 atom stereocenters. The normalized spacial score (nSPS) is 14.0. The van der Waals surface area contributed by atoms with Crippen molar-refractivity contribution in [2.24, 2.45) is 0 Å². The Bertz CT molecular complexity index is 1160. The van der Waals surface area contributed by atoms with Crippen molar-refractivity contribution in [3.8, 4) is 0 Å². The summed E-state index contributed by atoms with van der Waals surface area (Å²) in [6.07, 6.45) is 60.7. The minimum Gasteiger partial charge on any atom is -0.462 e. The van der Waals surface area contributed by atoms with E-state index < -0.39 is 18.2 Å². The zero-order valence-electron chi connectivity index (χ0n) is 39.1. The van der Waals surface area contributed by atoms with Gasteiger partial charge in [-0.25, -0.2) is 0 Å². The van der Waals surface area contributed by atoms with E-state index in [2.05, 4.69) is 111 Å². The Morgan fingerprint density at radius 3 is 1.52 bits per heavy atom. The molecule has 0 aromatic heterocycles. The van der Waals surface area contributed by atoms with Gasteiger partial charge in [0.05, 0.1) is 25.2 Å². The van der Waals surface area contributed by atoms with Gasteiger partial charge in [-0.05, 0) is 89.9 Å². The molecular weight excluding hydrogens is 743 g/mol. The first-order valence-corrected chi connectivity index (χ1v) is 24.8. The highest BCUT2D eigenvalue weighted by Crippen LogP contribution is 2.16. The molecule has 0 aromatic rings. The first kappa shape index (κ1) is 57.0. The van der Waals surface area contributed by atoms with Crippen LogP contribution in [-0.2, 0) is 14.3 Å². The van der Waals surface area contributed by atoms with Crippen molar-refractivity contribution in [1.29, 1.82) is 0 Å².